The summed E-state index contributed by atoms with van der Waals surface area (Å²) in [4.78, 5) is 10.6. The molecule has 0 saturated heterocycles. The fourth-order valence-corrected chi connectivity index (χ4v) is 3.02. The van der Waals surface area contributed by atoms with E-state index in [1.165, 1.54) is 6.07 Å². The zero-order valence-corrected chi connectivity index (χ0v) is 14.2. The lowest BCUT2D eigenvalue weighted by molar-refractivity contribution is -0.386. The van der Waals surface area contributed by atoms with Crippen LogP contribution in [0.25, 0.3) is 0 Å². The third kappa shape index (κ3) is 3.95. The molecule has 2 aromatic carbocycles. The summed E-state index contributed by atoms with van der Waals surface area (Å²) in [6, 6.07) is 10.4. The molecule has 7 heteroatoms. The van der Waals surface area contributed by atoms with Gasteiger partial charge in [0.05, 0.1) is 16.5 Å². The van der Waals surface area contributed by atoms with E-state index in [2.05, 4.69) is 31.9 Å². The number of nitrogens with zero attached hydrogens (tertiary/aromatic N) is 1. The number of hydrogen-bond donors (Lipinski definition) is 0. The van der Waals surface area contributed by atoms with Gasteiger partial charge in [-0.15, -0.1) is 0 Å². The molecule has 0 spiro atoms. The van der Waals surface area contributed by atoms with Gasteiger partial charge in [-0.2, -0.15) is 0 Å². The molecule has 0 unspecified atom stereocenters. The minimum atomic E-state index is -0.473. The minimum absolute atomic E-state index is 0.0928. The van der Waals surface area contributed by atoms with Crippen LogP contribution in [0.2, 0.25) is 0 Å². The third-order valence-electron chi connectivity index (χ3n) is 2.73. The summed E-state index contributed by atoms with van der Waals surface area (Å²) in [5, 5.41) is 11.1. The largest absolute Gasteiger partial charge is 0.497 e. The quantitative estimate of drug-likeness (QED) is 0.523. The number of halogens is 2. The van der Waals surface area contributed by atoms with Gasteiger partial charge in [0, 0.05) is 10.5 Å². The molecule has 0 fully saturated rings. The van der Waals surface area contributed by atoms with Gasteiger partial charge < -0.3 is 9.47 Å². The lowest BCUT2D eigenvalue weighted by Crippen LogP contribution is -2.00. The molecular weight excluding hydrogens is 406 g/mol. The first-order valence-corrected chi connectivity index (χ1v) is 7.49. The van der Waals surface area contributed by atoms with Crippen LogP contribution in [-0.4, -0.2) is 12.0 Å². The van der Waals surface area contributed by atoms with E-state index in [4.69, 9.17) is 9.47 Å². The molecule has 0 radical (unpaired) electrons. The van der Waals surface area contributed by atoms with Crippen LogP contribution in [-0.2, 0) is 6.61 Å². The Bertz CT molecular complexity index is 659. The molecule has 5 nitrogen and oxygen atoms in total. The summed E-state index contributed by atoms with van der Waals surface area (Å²) >= 11 is 6.51. The highest BCUT2D eigenvalue weighted by Gasteiger charge is 2.19. The van der Waals surface area contributed by atoms with E-state index < -0.39 is 4.92 Å². The zero-order chi connectivity index (χ0) is 15.4. The van der Waals surface area contributed by atoms with E-state index in [0.717, 1.165) is 11.3 Å². The molecule has 0 bridgehead atoms. The van der Waals surface area contributed by atoms with E-state index in [1.54, 1.807) is 13.2 Å². The second-order valence-corrected chi connectivity index (χ2v) is 5.90. The Hall–Kier alpha value is -1.60. The lowest BCUT2D eigenvalue weighted by atomic mass is 10.2. The maximum Gasteiger partial charge on any atom is 0.313 e. The topological polar surface area (TPSA) is 61.6 Å². The van der Waals surface area contributed by atoms with Crippen molar-refractivity contribution in [2.45, 2.75) is 6.61 Å². The van der Waals surface area contributed by atoms with Gasteiger partial charge in [0.1, 0.15) is 12.4 Å². The van der Waals surface area contributed by atoms with Gasteiger partial charge in [-0.25, -0.2) is 0 Å². The second-order valence-electron chi connectivity index (χ2n) is 4.13. The van der Waals surface area contributed by atoms with Crippen LogP contribution in [0.15, 0.2) is 45.3 Å². The fraction of sp³-hybridized carbons (Fsp3) is 0.143. The average molecular weight is 417 g/mol. The van der Waals surface area contributed by atoms with Crippen molar-refractivity contribution < 1.29 is 14.4 Å². The number of benzene rings is 2. The normalized spacial score (nSPS) is 10.2. The SMILES string of the molecule is COc1ccc(COc2c(Br)cc(Br)cc2[N+](=O)[O-])cc1. The van der Waals surface area contributed by atoms with E-state index in [1.807, 2.05) is 24.3 Å². The van der Waals surface area contributed by atoms with Gasteiger partial charge in [-0.1, -0.05) is 28.1 Å². The maximum absolute atomic E-state index is 11.1. The first kappa shape index (κ1) is 15.8. The Kier molecular flexibility index (Phi) is 5.19. The predicted molar refractivity (Wildman–Crippen MR) is 85.8 cm³/mol. The van der Waals surface area contributed by atoms with Crippen molar-refractivity contribution >= 4 is 37.5 Å². The number of ether oxygens (including phenoxy) is 2. The Morgan fingerprint density at radius 2 is 1.86 bits per heavy atom. The predicted octanol–water partition coefficient (Wildman–Crippen LogP) is 4.71. The Balaban J connectivity index is 2.20. The molecule has 2 aromatic rings. The molecule has 0 aliphatic carbocycles. The molecule has 0 saturated carbocycles. The maximum atomic E-state index is 11.1. The zero-order valence-electron chi connectivity index (χ0n) is 11.0. The first-order chi connectivity index (χ1) is 10.0. The molecule has 0 N–H and O–H groups in total. The molecule has 21 heavy (non-hydrogen) atoms. The Morgan fingerprint density at radius 1 is 1.19 bits per heavy atom. The third-order valence-corrected chi connectivity index (χ3v) is 3.77. The number of nitro benzene ring substituents is 1. The van der Waals surface area contributed by atoms with Crippen LogP contribution in [0.1, 0.15) is 5.56 Å². The molecule has 0 atom stereocenters. The van der Waals surface area contributed by atoms with Crippen LogP contribution in [0.5, 0.6) is 11.5 Å². The van der Waals surface area contributed by atoms with Crippen LogP contribution < -0.4 is 9.47 Å². The molecule has 0 heterocycles. The molecule has 0 aromatic heterocycles. The highest BCUT2D eigenvalue weighted by Crippen LogP contribution is 2.38. The number of nitro groups is 1. The monoisotopic (exact) mass is 415 g/mol. The van der Waals surface area contributed by atoms with Crippen molar-refractivity contribution in [3.05, 3.63) is 61.0 Å². The van der Waals surface area contributed by atoms with Crippen LogP contribution in [0.4, 0.5) is 5.69 Å². The summed E-state index contributed by atoms with van der Waals surface area (Å²) in [6.07, 6.45) is 0. The first-order valence-electron chi connectivity index (χ1n) is 5.90. The number of hydrogen-bond acceptors (Lipinski definition) is 4. The molecule has 2 rings (SSSR count). The van der Waals surface area contributed by atoms with E-state index in [-0.39, 0.29) is 18.0 Å². The van der Waals surface area contributed by atoms with E-state index in [0.29, 0.717) is 8.95 Å². The van der Waals surface area contributed by atoms with Crippen molar-refractivity contribution in [3.8, 4) is 11.5 Å². The highest BCUT2D eigenvalue weighted by atomic mass is 79.9. The summed E-state index contributed by atoms with van der Waals surface area (Å²) in [7, 11) is 1.59. The van der Waals surface area contributed by atoms with E-state index >= 15 is 0 Å². The van der Waals surface area contributed by atoms with Gasteiger partial charge in [-0.05, 0) is 39.7 Å². The molecule has 0 aliphatic heterocycles. The fourth-order valence-electron chi connectivity index (χ4n) is 1.70. The van der Waals surface area contributed by atoms with Crippen molar-refractivity contribution in [1.29, 1.82) is 0 Å². The molecule has 0 amide bonds. The van der Waals surface area contributed by atoms with Gasteiger partial charge >= 0.3 is 5.69 Å². The Labute approximate surface area is 138 Å². The average Bonchev–Trinajstić information content (AvgIpc) is 2.46. The van der Waals surface area contributed by atoms with Crippen LogP contribution in [0, 0.1) is 10.1 Å². The van der Waals surface area contributed by atoms with Gasteiger partial charge in [0.25, 0.3) is 0 Å². The number of methoxy groups -OCH3 is 1. The van der Waals surface area contributed by atoms with Crippen LogP contribution in [0.3, 0.4) is 0 Å². The van der Waals surface area contributed by atoms with E-state index in [9.17, 15) is 10.1 Å². The van der Waals surface area contributed by atoms with Crippen LogP contribution >= 0.6 is 31.9 Å². The van der Waals surface area contributed by atoms with Crippen molar-refractivity contribution in [3.63, 3.8) is 0 Å². The number of rotatable bonds is 5. The van der Waals surface area contributed by atoms with Gasteiger partial charge in [-0.3, -0.25) is 10.1 Å². The second kappa shape index (κ2) is 6.91. The smallest absolute Gasteiger partial charge is 0.313 e. The standard InChI is InChI=1S/C14H11Br2NO4/c1-20-11-4-2-9(3-5-11)8-21-14-12(16)6-10(15)7-13(14)17(18)19/h2-7H,8H2,1H3. The summed E-state index contributed by atoms with van der Waals surface area (Å²) in [5.74, 6) is 0.952. The summed E-state index contributed by atoms with van der Waals surface area (Å²) in [6.45, 7) is 0.227. The van der Waals surface area contributed by atoms with Crippen molar-refractivity contribution in [1.82, 2.24) is 0 Å². The Morgan fingerprint density at radius 3 is 2.43 bits per heavy atom. The highest BCUT2D eigenvalue weighted by molar-refractivity contribution is 9.11. The summed E-state index contributed by atoms with van der Waals surface area (Å²) in [5.41, 5.74) is 0.796. The molecule has 110 valence electrons. The van der Waals surface area contributed by atoms with Gasteiger partial charge in [0.2, 0.25) is 5.75 Å². The lowest BCUT2D eigenvalue weighted by Gasteiger charge is -2.10. The minimum Gasteiger partial charge on any atom is -0.497 e. The van der Waals surface area contributed by atoms with Gasteiger partial charge in [0.15, 0.2) is 0 Å². The molecule has 0 aliphatic rings. The molecular formula is C14H11Br2NO4. The summed E-state index contributed by atoms with van der Waals surface area (Å²) < 4.78 is 11.8. The van der Waals surface area contributed by atoms with Crippen molar-refractivity contribution in [2.24, 2.45) is 0 Å². The van der Waals surface area contributed by atoms with Crippen molar-refractivity contribution in [2.75, 3.05) is 7.11 Å².